The number of nitrogens with zero attached hydrogens (tertiary/aromatic N) is 1. The average molecular weight is 412 g/mol. The molecule has 0 radical (unpaired) electrons. The summed E-state index contributed by atoms with van der Waals surface area (Å²) in [5.41, 5.74) is 2.38. The summed E-state index contributed by atoms with van der Waals surface area (Å²) in [6.45, 7) is -0.241. The second kappa shape index (κ2) is 7.84. The third kappa shape index (κ3) is 3.90. The lowest BCUT2D eigenvalue weighted by Crippen LogP contribution is -2.21. The largest absolute Gasteiger partial charge is 0.483 e. The molecular formula is C20H14ClN3O3S. The fourth-order valence-corrected chi connectivity index (χ4v) is 3.52. The molecule has 0 aliphatic carbocycles. The zero-order chi connectivity index (χ0) is 19.5. The second-order valence-corrected chi connectivity index (χ2v) is 7.21. The van der Waals surface area contributed by atoms with Crippen LogP contribution in [0.3, 0.4) is 0 Å². The third-order valence-corrected chi connectivity index (χ3v) is 4.97. The summed E-state index contributed by atoms with van der Waals surface area (Å²) in [6.07, 6.45) is 1.68. The number of benzene rings is 2. The number of fused-ring (bicyclic) bond motifs is 1. The Morgan fingerprint density at radius 1 is 1.18 bits per heavy atom. The van der Waals surface area contributed by atoms with Crippen molar-refractivity contribution in [3.8, 4) is 5.75 Å². The summed E-state index contributed by atoms with van der Waals surface area (Å²) in [4.78, 5) is 24.9. The number of thiophene rings is 1. The van der Waals surface area contributed by atoms with Gasteiger partial charge in [-0.1, -0.05) is 11.6 Å². The maximum absolute atomic E-state index is 12.7. The van der Waals surface area contributed by atoms with E-state index in [-0.39, 0.29) is 18.3 Å². The van der Waals surface area contributed by atoms with E-state index in [0.29, 0.717) is 27.6 Å². The maximum Gasteiger partial charge on any atom is 0.262 e. The van der Waals surface area contributed by atoms with Crippen LogP contribution < -0.4 is 10.1 Å². The first kappa shape index (κ1) is 18.2. The van der Waals surface area contributed by atoms with E-state index in [1.807, 2.05) is 17.5 Å². The molecule has 4 rings (SSSR count). The highest BCUT2D eigenvalue weighted by Gasteiger charge is 2.17. The zero-order valence-corrected chi connectivity index (χ0v) is 16.0. The molecule has 2 aromatic heterocycles. The van der Waals surface area contributed by atoms with E-state index in [1.54, 1.807) is 41.9 Å². The van der Waals surface area contributed by atoms with Crippen LogP contribution in [-0.2, 0) is 4.79 Å². The zero-order valence-electron chi connectivity index (χ0n) is 14.4. The molecule has 2 aromatic carbocycles. The Labute approximate surface area is 169 Å². The summed E-state index contributed by atoms with van der Waals surface area (Å²) >= 11 is 7.47. The van der Waals surface area contributed by atoms with Crippen LogP contribution in [0.2, 0.25) is 5.02 Å². The Morgan fingerprint density at radius 2 is 2.07 bits per heavy atom. The van der Waals surface area contributed by atoms with E-state index in [0.717, 1.165) is 10.9 Å². The number of aromatic nitrogens is 2. The molecule has 0 bridgehead atoms. The Hall–Kier alpha value is -3.16. The molecule has 4 aromatic rings. The molecule has 140 valence electrons. The molecule has 0 saturated carbocycles. The van der Waals surface area contributed by atoms with Gasteiger partial charge in [0, 0.05) is 27.0 Å². The highest BCUT2D eigenvalue weighted by atomic mass is 35.5. The normalized spacial score (nSPS) is 10.8. The molecule has 1 amide bonds. The van der Waals surface area contributed by atoms with Crippen LogP contribution in [0.5, 0.6) is 5.75 Å². The number of rotatable bonds is 6. The van der Waals surface area contributed by atoms with Crippen LogP contribution in [0.1, 0.15) is 15.9 Å². The van der Waals surface area contributed by atoms with E-state index in [4.69, 9.17) is 16.3 Å². The van der Waals surface area contributed by atoms with Gasteiger partial charge in [-0.3, -0.25) is 14.7 Å². The summed E-state index contributed by atoms with van der Waals surface area (Å²) < 4.78 is 5.61. The summed E-state index contributed by atoms with van der Waals surface area (Å²) in [5.74, 6) is -0.239. The molecule has 0 unspecified atom stereocenters. The van der Waals surface area contributed by atoms with Crippen LogP contribution in [0.15, 0.2) is 59.4 Å². The number of hydrogen-bond donors (Lipinski definition) is 2. The smallest absolute Gasteiger partial charge is 0.262 e. The molecule has 0 aliphatic heterocycles. The predicted molar refractivity (Wildman–Crippen MR) is 109 cm³/mol. The molecule has 2 heterocycles. The number of hydrogen-bond acceptors (Lipinski definition) is 5. The molecular weight excluding hydrogens is 398 g/mol. The average Bonchev–Trinajstić information content (AvgIpc) is 3.38. The lowest BCUT2D eigenvalue weighted by atomic mass is 10.1. The minimum Gasteiger partial charge on any atom is -0.483 e. The number of carbonyl (C=O) groups is 2. The van der Waals surface area contributed by atoms with Gasteiger partial charge in [0.15, 0.2) is 12.4 Å². The van der Waals surface area contributed by atoms with Gasteiger partial charge in [-0.05, 0) is 47.8 Å². The van der Waals surface area contributed by atoms with Crippen LogP contribution in [0, 0.1) is 0 Å². The van der Waals surface area contributed by atoms with Crippen molar-refractivity contribution in [1.82, 2.24) is 10.2 Å². The number of ketones is 1. The monoisotopic (exact) mass is 411 g/mol. The number of ether oxygens (including phenoxy) is 1. The van der Waals surface area contributed by atoms with E-state index in [9.17, 15) is 9.59 Å². The van der Waals surface area contributed by atoms with E-state index in [1.165, 1.54) is 11.3 Å². The third-order valence-electron chi connectivity index (χ3n) is 4.05. The fourth-order valence-electron chi connectivity index (χ4n) is 2.72. The maximum atomic E-state index is 12.7. The van der Waals surface area contributed by atoms with Gasteiger partial charge in [0.05, 0.1) is 17.3 Å². The Bertz CT molecular complexity index is 1150. The van der Waals surface area contributed by atoms with Crippen molar-refractivity contribution in [2.75, 3.05) is 11.9 Å². The number of H-pyrrole nitrogens is 1. The van der Waals surface area contributed by atoms with Gasteiger partial charge in [-0.15, -0.1) is 0 Å². The fraction of sp³-hybridized carbons (Fsp3) is 0.0500. The van der Waals surface area contributed by atoms with Gasteiger partial charge in [0.1, 0.15) is 5.75 Å². The minimum absolute atomic E-state index is 0.204. The van der Waals surface area contributed by atoms with Gasteiger partial charge in [0.25, 0.3) is 5.91 Å². The summed E-state index contributed by atoms with van der Waals surface area (Å²) in [5, 5.41) is 14.5. The first-order valence-electron chi connectivity index (χ1n) is 8.32. The van der Waals surface area contributed by atoms with Crippen LogP contribution >= 0.6 is 22.9 Å². The standard InChI is InChI=1S/C20H14ClN3O3S/c21-14-1-4-18(16(8-14)20(26)12-5-6-28-11-12)27-10-19(25)23-15-2-3-17-13(7-15)9-22-24-17/h1-9,11H,10H2,(H,22,24)(H,23,25). The first-order valence-corrected chi connectivity index (χ1v) is 9.64. The highest BCUT2D eigenvalue weighted by Crippen LogP contribution is 2.26. The molecule has 0 aliphatic rings. The Balaban J connectivity index is 1.46. The SMILES string of the molecule is O=C(COc1ccc(Cl)cc1C(=O)c1ccsc1)Nc1ccc2[nH]ncc2c1. The molecule has 8 heteroatoms. The van der Waals surface area contributed by atoms with Crippen LogP contribution in [-0.4, -0.2) is 28.5 Å². The highest BCUT2D eigenvalue weighted by molar-refractivity contribution is 7.08. The van der Waals surface area contributed by atoms with Gasteiger partial charge < -0.3 is 10.1 Å². The van der Waals surface area contributed by atoms with Gasteiger partial charge in [-0.25, -0.2) is 0 Å². The van der Waals surface area contributed by atoms with Crippen molar-refractivity contribution < 1.29 is 14.3 Å². The molecule has 0 atom stereocenters. The van der Waals surface area contributed by atoms with Gasteiger partial charge in [-0.2, -0.15) is 16.4 Å². The quantitative estimate of drug-likeness (QED) is 0.457. The summed E-state index contributed by atoms with van der Waals surface area (Å²) in [7, 11) is 0. The van der Waals surface area contributed by atoms with Crippen molar-refractivity contribution in [1.29, 1.82) is 0 Å². The number of aromatic amines is 1. The van der Waals surface area contributed by atoms with Gasteiger partial charge >= 0.3 is 0 Å². The van der Waals surface area contributed by atoms with Crippen molar-refractivity contribution in [3.05, 3.63) is 75.6 Å². The van der Waals surface area contributed by atoms with Crippen molar-refractivity contribution in [2.24, 2.45) is 0 Å². The number of carbonyl (C=O) groups excluding carboxylic acids is 2. The Morgan fingerprint density at radius 3 is 2.89 bits per heavy atom. The topological polar surface area (TPSA) is 84.1 Å². The lowest BCUT2D eigenvalue weighted by molar-refractivity contribution is -0.118. The molecule has 0 fully saturated rings. The molecule has 2 N–H and O–H groups in total. The minimum atomic E-state index is -0.341. The second-order valence-electron chi connectivity index (χ2n) is 5.99. The van der Waals surface area contributed by atoms with Crippen molar-refractivity contribution in [3.63, 3.8) is 0 Å². The van der Waals surface area contributed by atoms with Crippen LogP contribution in [0.25, 0.3) is 10.9 Å². The Kier molecular flexibility index (Phi) is 5.10. The molecule has 28 heavy (non-hydrogen) atoms. The number of amides is 1. The molecule has 0 spiro atoms. The number of nitrogens with one attached hydrogen (secondary N) is 2. The molecule has 0 saturated heterocycles. The number of anilines is 1. The van der Waals surface area contributed by atoms with E-state index < -0.39 is 0 Å². The summed E-state index contributed by atoms with van der Waals surface area (Å²) in [6, 6.07) is 11.9. The molecule has 6 nitrogen and oxygen atoms in total. The predicted octanol–water partition coefficient (Wildman–Crippen LogP) is 4.53. The van der Waals surface area contributed by atoms with E-state index >= 15 is 0 Å². The first-order chi connectivity index (χ1) is 13.6. The number of halogens is 1. The van der Waals surface area contributed by atoms with E-state index in [2.05, 4.69) is 15.5 Å². The lowest BCUT2D eigenvalue weighted by Gasteiger charge is -2.11. The van der Waals surface area contributed by atoms with Crippen molar-refractivity contribution in [2.45, 2.75) is 0 Å². The van der Waals surface area contributed by atoms with Crippen LogP contribution in [0.4, 0.5) is 5.69 Å². The van der Waals surface area contributed by atoms with Gasteiger partial charge in [0.2, 0.25) is 0 Å². The van der Waals surface area contributed by atoms with Crippen molar-refractivity contribution >= 4 is 51.2 Å².